The van der Waals surface area contributed by atoms with E-state index in [-0.39, 0.29) is 30.3 Å². The van der Waals surface area contributed by atoms with E-state index < -0.39 is 0 Å². The highest BCUT2D eigenvalue weighted by Gasteiger charge is 2.28. The highest BCUT2D eigenvalue weighted by Crippen LogP contribution is 2.26. The third-order valence-corrected chi connectivity index (χ3v) is 4.60. The van der Waals surface area contributed by atoms with Crippen LogP contribution in [0, 0.1) is 5.92 Å². The van der Waals surface area contributed by atoms with E-state index in [2.05, 4.69) is 10.6 Å². The second kappa shape index (κ2) is 9.85. The molecule has 0 spiro atoms. The number of carbonyl (C=O) groups excluding carboxylic acids is 2. The quantitative estimate of drug-likeness (QED) is 0.678. The molecule has 2 aromatic rings. The summed E-state index contributed by atoms with van der Waals surface area (Å²) in [4.78, 5) is 26.8. The van der Waals surface area contributed by atoms with Crippen molar-refractivity contribution in [1.29, 1.82) is 0 Å². The second-order valence-electron chi connectivity index (χ2n) is 6.53. The smallest absolute Gasteiger partial charge is 0.321 e. The van der Waals surface area contributed by atoms with E-state index in [1.165, 1.54) is 0 Å². The number of rotatable bonds is 4. The fourth-order valence-corrected chi connectivity index (χ4v) is 3.16. The van der Waals surface area contributed by atoms with Crippen LogP contribution in [0.4, 0.5) is 21.9 Å². The summed E-state index contributed by atoms with van der Waals surface area (Å²) >= 11 is 0. The molecule has 4 N–H and O–H groups in total. The third kappa shape index (κ3) is 5.29. The predicted octanol–water partition coefficient (Wildman–Crippen LogP) is 3.58. The molecule has 3 rings (SSSR count). The lowest BCUT2D eigenvalue weighted by Crippen LogP contribution is -2.45. The molecule has 0 saturated carbocycles. The zero-order valence-electron chi connectivity index (χ0n) is 15.7. The molecule has 150 valence electrons. The number of halogens is 1. The molecule has 0 bridgehead atoms. The average molecular weight is 405 g/mol. The van der Waals surface area contributed by atoms with Gasteiger partial charge in [-0.3, -0.25) is 4.79 Å². The Bertz CT molecular complexity index is 816. The van der Waals surface area contributed by atoms with E-state index in [1.807, 2.05) is 30.3 Å². The summed E-state index contributed by atoms with van der Waals surface area (Å²) in [5.41, 5.74) is 7.70. The van der Waals surface area contributed by atoms with Gasteiger partial charge in [-0.15, -0.1) is 12.4 Å². The molecule has 0 aliphatic carbocycles. The fraction of sp³-hybridized carbons (Fsp3) is 0.300. The number of para-hydroxylation sites is 1. The van der Waals surface area contributed by atoms with Crippen molar-refractivity contribution in [2.75, 3.05) is 36.6 Å². The molecule has 3 amide bonds. The summed E-state index contributed by atoms with van der Waals surface area (Å²) < 4.78 is 5.12. The molecular weight excluding hydrogens is 380 g/mol. The Labute approximate surface area is 170 Å². The van der Waals surface area contributed by atoms with Gasteiger partial charge in [0.1, 0.15) is 5.75 Å². The molecule has 1 saturated heterocycles. The number of carbonyl (C=O) groups is 2. The lowest BCUT2D eigenvalue weighted by Gasteiger charge is -2.32. The summed E-state index contributed by atoms with van der Waals surface area (Å²) in [6, 6.07) is 14.2. The summed E-state index contributed by atoms with van der Waals surface area (Å²) in [6.07, 6.45) is 1.53. The first kappa shape index (κ1) is 21.4. The average Bonchev–Trinajstić information content (AvgIpc) is 2.69. The highest BCUT2D eigenvalue weighted by atomic mass is 35.5. The van der Waals surface area contributed by atoms with Gasteiger partial charge in [0.2, 0.25) is 5.91 Å². The first-order valence-corrected chi connectivity index (χ1v) is 8.92. The van der Waals surface area contributed by atoms with Gasteiger partial charge in [0, 0.05) is 24.5 Å². The van der Waals surface area contributed by atoms with Crippen LogP contribution in [0.2, 0.25) is 0 Å². The van der Waals surface area contributed by atoms with Gasteiger partial charge in [0.25, 0.3) is 0 Å². The number of nitrogens with one attached hydrogen (secondary N) is 2. The number of urea groups is 1. The number of nitrogen functional groups attached to an aromatic ring is 1. The van der Waals surface area contributed by atoms with Crippen LogP contribution in [0.1, 0.15) is 12.8 Å². The summed E-state index contributed by atoms with van der Waals surface area (Å²) in [5, 5.41) is 5.75. The predicted molar refractivity (Wildman–Crippen MR) is 113 cm³/mol. The van der Waals surface area contributed by atoms with Crippen molar-refractivity contribution >= 4 is 41.4 Å². The first-order chi connectivity index (χ1) is 13.1. The molecule has 28 heavy (non-hydrogen) atoms. The molecule has 1 aliphatic heterocycles. The monoisotopic (exact) mass is 404 g/mol. The number of hydrogen-bond acceptors (Lipinski definition) is 4. The fourth-order valence-electron chi connectivity index (χ4n) is 3.16. The molecular formula is C20H25ClN4O3. The number of hydrogen-bond donors (Lipinski definition) is 3. The van der Waals surface area contributed by atoms with Crippen LogP contribution in [0.5, 0.6) is 5.75 Å². The van der Waals surface area contributed by atoms with Gasteiger partial charge in [-0.1, -0.05) is 18.2 Å². The zero-order chi connectivity index (χ0) is 19.2. The molecule has 1 heterocycles. The molecule has 1 fully saturated rings. The number of ether oxygens (including phenoxy) is 1. The Morgan fingerprint density at radius 2 is 1.86 bits per heavy atom. The van der Waals surface area contributed by atoms with Crippen molar-refractivity contribution in [1.82, 2.24) is 4.90 Å². The van der Waals surface area contributed by atoms with Crippen molar-refractivity contribution in [3.05, 3.63) is 48.5 Å². The van der Waals surface area contributed by atoms with Gasteiger partial charge in [0.05, 0.1) is 18.7 Å². The topological polar surface area (TPSA) is 96.7 Å². The van der Waals surface area contributed by atoms with E-state index in [1.54, 1.807) is 30.2 Å². The molecule has 0 aromatic heterocycles. The van der Waals surface area contributed by atoms with Crippen LogP contribution in [-0.2, 0) is 4.79 Å². The number of piperidine rings is 1. The maximum Gasteiger partial charge on any atom is 0.321 e. The van der Waals surface area contributed by atoms with Gasteiger partial charge < -0.3 is 26.0 Å². The van der Waals surface area contributed by atoms with E-state index in [4.69, 9.17) is 10.5 Å². The van der Waals surface area contributed by atoms with Crippen LogP contribution < -0.4 is 21.1 Å². The number of nitrogens with two attached hydrogens (primary N) is 1. The molecule has 8 heteroatoms. The number of nitrogens with zero attached hydrogens (tertiary/aromatic N) is 1. The number of likely N-dealkylation sites (tertiary alicyclic amines) is 1. The summed E-state index contributed by atoms with van der Waals surface area (Å²) in [7, 11) is 1.54. The Morgan fingerprint density at radius 3 is 2.54 bits per heavy atom. The van der Waals surface area contributed by atoms with Crippen molar-refractivity contribution in [2.45, 2.75) is 12.8 Å². The van der Waals surface area contributed by atoms with Crippen LogP contribution in [-0.4, -0.2) is 37.0 Å². The van der Waals surface area contributed by atoms with Crippen LogP contribution >= 0.6 is 12.4 Å². The third-order valence-electron chi connectivity index (χ3n) is 4.60. The second-order valence-corrected chi connectivity index (χ2v) is 6.53. The van der Waals surface area contributed by atoms with Gasteiger partial charge in [-0.25, -0.2) is 4.79 Å². The minimum Gasteiger partial charge on any atom is -0.495 e. The van der Waals surface area contributed by atoms with E-state index in [0.717, 1.165) is 18.5 Å². The van der Waals surface area contributed by atoms with Crippen LogP contribution in [0.3, 0.4) is 0 Å². The van der Waals surface area contributed by atoms with Crippen molar-refractivity contribution in [3.8, 4) is 5.75 Å². The van der Waals surface area contributed by atoms with Crippen LogP contribution in [0.25, 0.3) is 0 Å². The van der Waals surface area contributed by atoms with Crippen LogP contribution in [0.15, 0.2) is 48.5 Å². The van der Waals surface area contributed by atoms with Crippen molar-refractivity contribution in [2.24, 2.45) is 5.92 Å². The van der Waals surface area contributed by atoms with Gasteiger partial charge in [-0.2, -0.15) is 0 Å². The Morgan fingerprint density at radius 1 is 1.11 bits per heavy atom. The molecule has 2 aromatic carbocycles. The summed E-state index contributed by atoms with van der Waals surface area (Å²) in [6.45, 7) is 1.02. The number of anilines is 3. The molecule has 0 radical (unpaired) electrons. The van der Waals surface area contributed by atoms with Gasteiger partial charge in [-0.05, 0) is 43.2 Å². The van der Waals surface area contributed by atoms with E-state index in [0.29, 0.717) is 30.2 Å². The maximum absolute atomic E-state index is 12.6. The number of benzene rings is 2. The van der Waals surface area contributed by atoms with Gasteiger partial charge in [0.15, 0.2) is 0 Å². The van der Waals surface area contributed by atoms with Crippen molar-refractivity contribution < 1.29 is 14.3 Å². The molecule has 1 atom stereocenters. The lowest BCUT2D eigenvalue weighted by atomic mass is 9.97. The maximum atomic E-state index is 12.6. The van der Waals surface area contributed by atoms with E-state index >= 15 is 0 Å². The standard InChI is InChI=1S/C20H24N4O3.ClH/c1-27-18-10-9-16(12-17(18)21)22-19(25)14-6-5-11-24(13-14)20(26)23-15-7-3-2-4-8-15;/h2-4,7-10,12,14H,5-6,11,13,21H2,1H3,(H,22,25)(H,23,26);1H. The lowest BCUT2D eigenvalue weighted by molar-refractivity contribution is -0.121. The summed E-state index contributed by atoms with van der Waals surface area (Å²) in [5.74, 6) is 0.190. The highest BCUT2D eigenvalue weighted by molar-refractivity contribution is 5.94. The minimum atomic E-state index is -0.261. The normalized spacial score (nSPS) is 15.9. The first-order valence-electron chi connectivity index (χ1n) is 8.92. The zero-order valence-corrected chi connectivity index (χ0v) is 16.5. The minimum absolute atomic E-state index is 0. The number of methoxy groups -OCH3 is 1. The number of amides is 3. The molecule has 1 aliphatic rings. The molecule has 7 nitrogen and oxygen atoms in total. The molecule has 1 unspecified atom stereocenters. The van der Waals surface area contributed by atoms with E-state index in [9.17, 15) is 9.59 Å². The Kier molecular flexibility index (Phi) is 7.52. The van der Waals surface area contributed by atoms with Crippen molar-refractivity contribution in [3.63, 3.8) is 0 Å². The Hall–Kier alpha value is -2.93. The largest absolute Gasteiger partial charge is 0.495 e. The SMILES string of the molecule is COc1ccc(NC(=O)C2CCCN(C(=O)Nc3ccccc3)C2)cc1N.Cl. The van der Waals surface area contributed by atoms with Gasteiger partial charge >= 0.3 is 6.03 Å². The Balaban J connectivity index is 0.00000280.